The molecule has 6 nitrogen and oxygen atoms in total. The van der Waals surface area contributed by atoms with E-state index in [1.807, 2.05) is 65.6 Å². The Morgan fingerprint density at radius 3 is 2.73 bits per heavy atom. The summed E-state index contributed by atoms with van der Waals surface area (Å²) in [5.74, 6) is 0.375. The minimum absolute atomic E-state index is 0.0372. The van der Waals surface area contributed by atoms with Crippen molar-refractivity contribution in [1.82, 2.24) is 15.2 Å². The van der Waals surface area contributed by atoms with E-state index in [1.165, 1.54) is 0 Å². The zero-order valence-corrected chi connectivity index (χ0v) is 18.0. The SMILES string of the molecule is CCOC(=O)CN1C(=S)N[C@@H](c2ccccn2)[C@@H]1c1ccc(Sc2ccccc2)o1. The van der Waals surface area contributed by atoms with E-state index < -0.39 is 0 Å². The number of nitrogens with zero attached hydrogens (tertiary/aromatic N) is 2. The standard InChI is InChI=1S/C22H21N3O3S2/c1-2-27-18(26)14-25-21(20(24-22(25)29)16-10-6-7-13-23-16)17-11-12-19(28-17)30-15-8-4-3-5-9-15/h3-13,20-21H,2,14H2,1H3,(H,24,29)/t20-,21-/m0/s1. The number of thiocarbonyl (C=S) groups is 1. The van der Waals surface area contributed by atoms with Crippen LogP contribution in [0.25, 0.3) is 0 Å². The monoisotopic (exact) mass is 439 g/mol. The predicted molar refractivity (Wildman–Crippen MR) is 118 cm³/mol. The molecule has 1 N–H and O–H groups in total. The zero-order chi connectivity index (χ0) is 20.9. The molecule has 0 amide bonds. The molecule has 1 fully saturated rings. The van der Waals surface area contributed by atoms with E-state index >= 15 is 0 Å². The van der Waals surface area contributed by atoms with Crippen molar-refractivity contribution in [2.75, 3.05) is 13.2 Å². The van der Waals surface area contributed by atoms with Gasteiger partial charge in [-0.3, -0.25) is 9.78 Å². The summed E-state index contributed by atoms with van der Waals surface area (Å²) in [6.07, 6.45) is 1.74. The molecule has 3 heterocycles. The Bertz CT molecular complexity index is 1010. The number of esters is 1. The van der Waals surface area contributed by atoms with Crippen molar-refractivity contribution in [3.8, 4) is 0 Å². The average Bonchev–Trinajstić information content (AvgIpc) is 3.34. The summed E-state index contributed by atoms with van der Waals surface area (Å²) < 4.78 is 11.3. The Kier molecular flexibility index (Phi) is 6.35. The molecule has 3 aromatic rings. The van der Waals surface area contributed by atoms with Gasteiger partial charge >= 0.3 is 5.97 Å². The summed E-state index contributed by atoms with van der Waals surface area (Å²) >= 11 is 7.08. The lowest BCUT2D eigenvalue weighted by Crippen LogP contribution is -2.35. The number of aromatic nitrogens is 1. The van der Waals surface area contributed by atoms with Crippen LogP contribution in [-0.4, -0.2) is 34.1 Å². The van der Waals surface area contributed by atoms with Crippen LogP contribution in [0.3, 0.4) is 0 Å². The van der Waals surface area contributed by atoms with Gasteiger partial charge in [0.25, 0.3) is 0 Å². The third kappa shape index (κ3) is 4.49. The van der Waals surface area contributed by atoms with Crippen molar-refractivity contribution < 1.29 is 13.9 Å². The molecule has 2 aromatic heterocycles. The summed E-state index contributed by atoms with van der Waals surface area (Å²) in [5, 5.41) is 4.53. The molecule has 0 aliphatic carbocycles. The number of carbonyl (C=O) groups excluding carboxylic acids is 1. The number of ether oxygens (including phenoxy) is 1. The van der Waals surface area contributed by atoms with Gasteiger partial charge in [0.05, 0.1) is 18.3 Å². The highest BCUT2D eigenvalue weighted by Crippen LogP contribution is 2.41. The fourth-order valence-corrected chi connectivity index (χ4v) is 4.49. The molecule has 30 heavy (non-hydrogen) atoms. The lowest BCUT2D eigenvalue weighted by Gasteiger charge is -2.25. The van der Waals surface area contributed by atoms with Crippen molar-refractivity contribution in [3.63, 3.8) is 0 Å². The summed E-state index contributed by atoms with van der Waals surface area (Å²) in [6, 6.07) is 19.1. The van der Waals surface area contributed by atoms with Gasteiger partial charge in [0.1, 0.15) is 18.3 Å². The highest BCUT2D eigenvalue weighted by Gasteiger charge is 2.42. The van der Waals surface area contributed by atoms with Crippen molar-refractivity contribution in [2.45, 2.75) is 29.0 Å². The van der Waals surface area contributed by atoms with Gasteiger partial charge in [0.2, 0.25) is 0 Å². The molecule has 1 saturated heterocycles. The molecule has 0 unspecified atom stereocenters. The Hall–Kier alpha value is -2.84. The second-order valence-electron chi connectivity index (χ2n) is 6.63. The lowest BCUT2D eigenvalue weighted by molar-refractivity contribution is -0.143. The van der Waals surface area contributed by atoms with Gasteiger partial charge in [-0.1, -0.05) is 36.0 Å². The van der Waals surface area contributed by atoms with Crippen LogP contribution >= 0.6 is 24.0 Å². The van der Waals surface area contributed by atoms with E-state index in [-0.39, 0.29) is 24.6 Å². The molecule has 1 aromatic carbocycles. The van der Waals surface area contributed by atoms with Gasteiger partial charge in [0.15, 0.2) is 10.2 Å². The molecule has 0 spiro atoms. The van der Waals surface area contributed by atoms with Crippen molar-refractivity contribution in [2.24, 2.45) is 0 Å². The molecule has 8 heteroatoms. The van der Waals surface area contributed by atoms with Gasteiger partial charge in [-0.2, -0.15) is 0 Å². The molecule has 2 atom stereocenters. The Morgan fingerprint density at radius 2 is 2.00 bits per heavy atom. The first-order valence-electron chi connectivity index (χ1n) is 9.62. The molecule has 1 aliphatic rings. The Balaban J connectivity index is 1.64. The Morgan fingerprint density at radius 1 is 1.20 bits per heavy atom. The maximum absolute atomic E-state index is 12.2. The fraction of sp³-hybridized carbons (Fsp3) is 0.227. The highest BCUT2D eigenvalue weighted by atomic mass is 32.2. The van der Waals surface area contributed by atoms with Crippen molar-refractivity contribution in [1.29, 1.82) is 0 Å². The first-order chi connectivity index (χ1) is 14.7. The maximum atomic E-state index is 12.2. The first kappa shape index (κ1) is 20.4. The number of nitrogens with one attached hydrogen (secondary N) is 1. The number of hydrogen-bond donors (Lipinski definition) is 1. The zero-order valence-electron chi connectivity index (χ0n) is 16.4. The Labute approximate surface area is 184 Å². The lowest BCUT2D eigenvalue weighted by atomic mass is 10.0. The summed E-state index contributed by atoms with van der Waals surface area (Å²) in [5.41, 5.74) is 0.824. The fourth-order valence-electron chi connectivity index (χ4n) is 3.38. The van der Waals surface area contributed by atoms with Gasteiger partial charge in [-0.05, 0) is 55.5 Å². The number of furan rings is 1. The normalized spacial score (nSPS) is 18.3. The van der Waals surface area contributed by atoms with Crippen LogP contribution in [0.15, 0.2) is 81.3 Å². The predicted octanol–water partition coefficient (Wildman–Crippen LogP) is 4.36. The average molecular weight is 440 g/mol. The van der Waals surface area contributed by atoms with Gasteiger partial charge in [-0.25, -0.2) is 0 Å². The topological polar surface area (TPSA) is 67.6 Å². The molecule has 0 bridgehead atoms. The second-order valence-corrected chi connectivity index (χ2v) is 8.10. The maximum Gasteiger partial charge on any atom is 0.325 e. The van der Waals surface area contributed by atoms with E-state index in [9.17, 15) is 4.79 Å². The van der Waals surface area contributed by atoms with E-state index in [1.54, 1.807) is 24.9 Å². The van der Waals surface area contributed by atoms with E-state index in [0.717, 1.165) is 15.7 Å². The van der Waals surface area contributed by atoms with Crippen LogP contribution in [0, 0.1) is 0 Å². The van der Waals surface area contributed by atoms with Crippen molar-refractivity contribution >= 4 is 35.1 Å². The van der Waals surface area contributed by atoms with Gasteiger partial charge in [-0.15, -0.1) is 0 Å². The number of benzene rings is 1. The van der Waals surface area contributed by atoms with Crippen LogP contribution in [0.4, 0.5) is 0 Å². The van der Waals surface area contributed by atoms with Gasteiger partial charge < -0.3 is 19.4 Å². The highest BCUT2D eigenvalue weighted by molar-refractivity contribution is 7.99. The molecule has 154 valence electrons. The quantitative estimate of drug-likeness (QED) is 0.430. The number of hydrogen-bond acceptors (Lipinski definition) is 6. The molecular weight excluding hydrogens is 418 g/mol. The van der Waals surface area contributed by atoms with Crippen LogP contribution in [0.5, 0.6) is 0 Å². The third-order valence-electron chi connectivity index (χ3n) is 4.66. The molecule has 0 saturated carbocycles. The molecular formula is C22H21N3O3S2. The third-order valence-corrected chi connectivity index (χ3v) is 5.94. The van der Waals surface area contributed by atoms with Crippen LogP contribution in [-0.2, 0) is 9.53 Å². The smallest absolute Gasteiger partial charge is 0.325 e. The van der Waals surface area contributed by atoms with Crippen LogP contribution in [0.2, 0.25) is 0 Å². The minimum atomic E-state index is -0.334. The van der Waals surface area contributed by atoms with Crippen molar-refractivity contribution in [3.05, 3.63) is 78.3 Å². The summed E-state index contributed by atoms with van der Waals surface area (Å²) in [6.45, 7) is 2.14. The van der Waals surface area contributed by atoms with E-state index in [0.29, 0.717) is 17.5 Å². The van der Waals surface area contributed by atoms with E-state index in [4.69, 9.17) is 21.4 Å². The summed E-state index contributed by atoms with van der Waals surface area (Å²) in [7, 11) is 0. The molecule has 0 radical (unpaired) electrons. The van der Waals surface area contributed by atoms with Crippen LogP contribution in [0.1, 0.15) is 30.5 Å². The molecule has 4 rings (SSSR count). The summed E-state index contributed by atoms with van der Waals surface area (Å²) in [4.78, 5) is 19.6. The molecule has 1 aliphatic heterocycles. The number of carbonyl (C=O) groups is 1. The number of rotatable bonds is 7. The van der Waals surface area contributed by atoms with E-state index in [2.05, 4.69) is 10.3 Å². The number of pyridine rings is 1. The first-order valence-corrected chi connectivity index (χ1v) is 10.8. The van der Waals surface area contributed by atoms with Gasteiger partial charge in [0, 0.05) is 11.1 Å². The largest absolute Gasteiger partial charge is 0.465 e. The second kappa shape index (κ2) is 9.32. The minimum Gasteiger partial charge on any atom is -0.465 e. The van der Waals surface area contributed by atoms with Crippen LogP contribution < -0.4 is 5.32 Å².